The zero-order chi connectivity index (χ0) is 8.48. The van der Waals surface area contributed by atoms with Crippen molar-refractivity contribution in [2.45, 2.75) is 39.7 Å². The van der Waals surface area contributed by atoms with E-state index in [0.29, 0.717) is 0 Å². The Morgan fingerprint density at radius 2 is 2.00 bits per heavy atom. The minimum Gasteiger partial charge on any atom is -0.229 e. The molecule has 0 aliphatic carbocycles. The number of hydrogen-bond donors (Lipinski definition) is 0. The molecule has 4 heteroatoms. The summed E-state index contributed by atoms with van der Waals surface area (Å²) < 4.78 is 1.82. The minimum absolute atomic E-state index is 0.0412. The smallest absolute Gasteiger partial charge is 0.156 e. The van der Waals surface area contributed by atoms with Crippen molar-refractivity contribution in [2.24, 2.45) is 0 Å². The Kier molecular flexibility index (Phi) is 1.93. The second kappa shape index (κ2) is 2.60. The zero-order valence-corrected chi connectivity index (χ0v) is 7.50. The quantitative estimate of drug-likeness (QED) is 0.606. The van der Waals surface area contributed by atoms with E-state index >= 15 is 0 Å². The van der Waals surface area contributed by atoms with E-state index in [-0.39, 0.29) is 5.41 Å². The van der Waals surface area contributed by atoms with Gasteiger partial charge in [0.25, 0.3) is 0 Å². The van der Waals surface area contributed by atoms with Crippen LogP contribution in [0.4, 0.5) is 0 Å². The highest BCUT2D eigenvalue weighted by molar-refractivity contribution is 4.98. The molecule has 0 amide bonds. The molecule has 0 spiro atoms. The number of tetrazole rings is 1. The molecule has 0 aliphatic heterocycles. The highest BCUT2D eigenvalue weighted by Gasteiger charge is 2.20. The third-order valence-electron chi connectivity index (χ3n) is 1.50. The summed E-state index contributed by atoms with van der Waals surface area (Å²) in [6.45, 7) is 9.17. The molecule has 1 heterocycles. The molecule has 1 aromatic heterocycles. The molecule has 11 heavy (non-hydrogen) atoms. The lowest BCUT2D eigenvalue weighted by Gasteiger charge is -2.15. The van der Waals surface area contributed by atoms with Crippen LogP contribution >= 0.6 is 0 Å². The van der Waals surface area contributed by atoms with Crippen LogP contribution in [0.1, 0.15) is 33.5 Å². The summed E-state index contributed by atoms with van der Waals surface area (Å²) in [7, 11) is 0. The minimum atomic E-state index is 0.0412. The van der Waals surface area contributed by atoms with Gasteiger partial charge in [0.1, 0.15) is 0 Å². The van der Waals surface area contributed by atoms with E-state index in [2.05, 4.69) is 36.3 Å². The van der Waals surface area contributed by atoms with Crippen molar-refractivity contribution in [1.82, 2.24) is 20.2 Å². The monoisotopic (exact) mass is 154 g/mol. The largest absolute Gasteiger partial charge is 0.229 e. The van der Waals surface area contributed by atoms with Crippen molar-refractivity contribution in [3.63, 3.8) is 0 Å². The van der Waals surface area contributed by atoms with Gasteiger partial charge < -0.3 is 0 Å². The first-order valence-electron chi connectivity index (χ1n) is 3.82. The average Bonchev–Trinajstić information content (AvgIpc) is 2.31. The summed E-state index contributed by atoms with van der Waals surface area (Å²) in [6, 6.07) is 0. The third kappa shape index (κ3) is 1.56. The second-order valence-electron chi connectivity index (χ2n) is 3.57. The molecule has 0 radical (unpaired) electrons. The molecule has 62 valence electrons. The van der Waals surface area contributed by atoms with Crippen LogP contribution in [0.5, 0.6) is 0 Å². The fraction of sp³-hybridized carbons (Fsp3) is 0.857. The molecule has 4 nitrogen and oxygen atoms in total. The van der Waals surface area contributed by atoms with Crippen LogP contribution in [-0.4, -0.2) is 20.2 Å². The van der Waals surface area contributed by atoms with Gasteiger partial charge in [-0.2, -0.15) is 0 Å². The molecule has 0 aromatic carbocycles. The van der Waals surface area contributed by atoms with E-state index in [1.807, 2.05) is 11.6 Å². The van der Waals surface area contributed by atoms with E-state index in [9.17, 15) is 0 Å². The van der Waals surface area contributed by atoms with Gasteiger partial charge in [-0.05, 0) is 17.4 Å². The lowest BCUT2D eigenvalue weighted by atomic mass is 9.96. The lowest BCUT2D eigenvalue weighted by molar-refractivity contribution is 0.483. The summed E-state index contributed by atoms with van der Waals surface area (Å²) in [5.41, 5.74) is 0.0412. The Hall–Kier alpha value is -0.930. The maximum absolute atomic E-state index is 3.96. The molecule has 0 fully saturated rings. The van der Waals surface area contributed by atoms with Gasteiger partial charge in [-0.25, -0.2) is 4.68 Å². The van der Waals surface area contributed by atoms with E-state index in [0.717, 1.165) is 12.4 Å². The van der Waals surface area contributed by atoms with Crippen molar-refractivity contribution in [3.05, 3.63) is 5.82 Å². The number of aryl methyl sites for hydroxylation is 1. The van der Waals surface area contributed by atoms with E-state index < -0.39 is 0 Å². The number of rotatable bonds is 1. The molecule has 0 N–H and O–H groups in total. The SMILES string of the molecule is CCn1nnnc1C(C)(C)C. The summed E-state index contributed by atoms with van der Waals surface area (Å²) in [4.78, 5) is 0. The number of aromatic nitrogens is 4. The highest BCUT2D eigenvalue weighted by Crippen LogP contribution is 2.17. The number of nitrogens with zero attached hydrogens (tertiary/aromatic N) is 4. The molecule has 0 saturated carbocycles. The van der Waals surface area contributed by atoms with Crippen LogP contribution < -0.4 is 0 Å². The van der Waals surface area contributed by atoms with Crippen molar-refractivity contribution in [2.75, 3.05) is 0 Å². The average molecular weight is 154 g/mol. The molecule has 0 saturated heterocycles. The second-order valence-corrected chi connectivity index (χ2v) is 3.57. The van der Waals surface area contributed by atoms with Gasteiger partial charge in [-0.1, -0.05) is 20.8 Å². The Morgan fingerprint density at radius 3 is 2.36 bits per heavy atom. The van der Waals surface area contributed by atoms with Gasteiger partial charge in [-0.3, -0.25) is 0 Å². The van der Waals surface area contributed by atoms with Gasteiger partial charge in [0.2, 0.25) is 0 Å². The van der Waals surface area contributed by atoms with Crippen LogP contribution in [0.25, 0.3) is 0 Å². The first kappa shape index (κ1) is 8.17. The van der Waals surface area contributed by atoms with Crippen LogP contribution in [0.15, 0.2) is 0 Å². The van der Waals surface area contributed by atoms with Crippen LogP contribution in [-0.2, 0) is 12.0 Å². The van der Waals surface area contributed by atoms with Crippen molar-refractivity contribution >= 4 is 0 Å². The highest BCUT2D eigenvalue weighted by atomic mass is 15.5. The van der Waals surface area contributed by atoms with E-state index in [1.165, 1.54) is 0 Å². The first-order valence-corrected chi connectivity index (χ1v) is 3.82. The molecular formula is C7H14N4. The van der Waals surface area contributed by atoms with E-state index in [1.54, 1.807) is 0 Å². The zero-order valence-electron chi connectivity index (χ0n) is 7.50. The predicted molar refractivity (Wildman–Crippen MR) is 42.2 cm³/mol. The van der Waals surface area contributed by atoms with Crippen molar-refractivity contribution in [1.29, 1.82) is 0 Å². The Bertz CT molecular complexity index is 233. The molecule has 0 aliphatic rings. The van der Waals surface area contributed by atoms with Crippen LogP contribution in [0, 0.1) is 0 Å². The van der Waals surface area contributed by atoms with Gasteiger partial charge in [0, 0.05) is 12.0 Å². The first-order chi connectivity index (χ1) is 5.05. The fourth-order valence-electron chi connectivity index (χ4n) is 0.955. The molecular weight excluding hydrogens is 140 g/mol. The topological polar surface area (TPSA) is 43.6 Å². The standard InChI is InChI=1S/C7H14N4/c1-5-11-6(7(2,3)4)8-9-10-11/h5H2,1-4H3. The lowest BCUT2D eigenvalue weighted by Crippen LogP contribution is -2.19. The molecule has 1 rings (SSSR count). The Balaban J connectivity index is 3.02. The van der Waals surface area contributed by atoms with Crippen molar-refractivity contribution < 1.29 is 0 Å². The molecule has 1 aromatic rings. The third-order valence-corrected chi connectivity index (χ3v) is 1.50. The van der Waals surface area contributed by atoms with Gasteiger partial charge in [0.15, 0.2) is 5.82 Å². The summed E-state index contributed by atoms with van der Waals surface area (Å²) in [5.74, 6) is 0.944. The molecule has 0 unspecified atom stereocenters. The summed E-state index contributed by atoms with van der Waals surface area (Å²) in [5, 5.41) is 11.4. The Morgan fingerprint density at radius 1 is 1.36 bits per heavy atom. The molecule has 0 atom stereocenters. The predicted octanol–water partition coefficient (Wildman–Crippen LogP) is 0.991. The van der Waals surface area contributed by atoms with Crippen LogP contribution in [0.3, 0.4) is 0 Å². The van der Waals surface area contributed by atoms with Gasteiger partial charge >= 0.3 is 0 Å². The van der Waals surface area contributed by atoms with Crippen LogP contribution in [0.2, 0.25) is 0 Å². The summed E-state index contributed by atoms with van der Waals surface area (Å²) >= 11 is 0. The molecule has 0 bridgehead atoms. The normalized spacial score (nSPS) is 12.0. The van der Waals surface area contributed by atoms with E-state index in [4.69, 9.17) is 0 Å². The van der Waals surface area contributed by atoms with Gasteiger partial charge in [0.05, 0.1) is 0 Å². The maximum atomic E-state index is 3.96. The fourth-order valence-corrected chi connectivity index (χ4v) is 0.955. The summed E-state index contributed by atoms with van der Waals surface area (Å²) in [6.07, 6.45) is 0. The van der Waals surface area contributed by atoms with Crippen molar-refractivity contribution in [3.8, 4) is 0 Å². The maximum Gasteiger partial charge on any atom is 0.156 e. The van der Waals surface area contributed by atoms with Gasteiger partial charge in [-0.15, -0.1) is 5.10 Å². The Labute approximate surface area is 66.6 Å². The number of hydrogen-bond acceptors (Lipinski definition) is 3.